The first-order valence-corrected chi connectivity index (χ1v) is 12.5. The number of hydrogen-bond donors (Lipinski definition) is 1. The third-order valence-corrected chi connectivity index (χ3v) is 7.36. The van der Waals surface area contributed by atoms with Gasteiger partial charge < -0.3 is 10.2 Å². The molecule has 0 unspecified atom stereocenters. The minimum absolute atomic E-state index is 0.126. The second-order valence-electron chi connectivity index (χ2n) is 9.00. The molecule has 1 N–H and O–H groups in total. The molecule has 1 aliphatic rings. The molecule has 0 radical (unpaired) electrons. The maximum atomic E-state index is 13.1. The Morgan fingerprint density at radius 1 is 1.11 bits per heavy atom. The predicted molar refractivity (Wildman–Crippen MR) is 133 cm³/mol. The third kappa shape index (κ3) is 4.79. The number of benzene rings is 1. The number of carbonyl (C=O) groups is 2. The number of likely N-dealkylation sites (tertiary alicyclic amines) is 1. The van der Waals surface area contributed by atoms with E-state index in [1.165, 1.54) is 11.3 Å². The van der Waals surface area contributed by atoms with Gasteiger partial charge in [0, 0.05) is 37.0 Å². The van der Waals surface area contributed by atoms with Crippen LogP contribution >= 0.6 is 11.3 Å². The van der Waals surface area contributed by atoms with Crippen molar-refractivity contribution in [3.05, 3.63) is 74.6 Å². The van der Waals surface area contributed by atoms with Crippen molar-refractivity contribution in [3.63, 3.8) is 0 Å². The van der Waals surface area contributed by atoms with Crippen LogP contribution in [0, 0.1) is 20.8 Å². The van der Waals surface area contributed by atoms with Gasteiger partial charge in [-0.25, -0.2) is 9.50 Å². The van der Waals surface area contributed by atoms with Crippen molar-refractivity contribution in [1.29, 1.82) is 0 Å². The van der Waals surface area contributed by atoms with E-state index in [1.54, 1.807) is 4.52 Å². The summed E-state index contributed by atoms with van der Waals surface area (Å²) in [6, 6.07) is 9.91. The van der Waals surface area contributed by atoms with E-state index in [0.29, 0.717) is 42.4 Å². The lowest BCUT2D eigenvalue weighted by molar-refractivity contribution is 0.0704. The van der Waals surface area contributed by atoms with E-state index in [9.17, 15) is 9.59 Å². The molecule has 5 rings (SSSR count). The van der Waals surface area contributed by atoms with Crippen LogP contribution in [0.3, 0.4) is 0 Å². The van der Waals surface area contributed by atoms with Gasteiger partial charge in [0.25, 0.3) is 11.8 Å². The van der Waals surface area contributed by atoms with Crippen molar-refractivity contribution < 1.29 is 9.59 Å². The molecule has 4 aromatic rings. The number of aryl methyl sites for hydroxylation is 3. The van der Waals surface area contributed by atoms with Crippen molar-refractivity contribution >= 4 is 28.8 Å². The average molecular weight is 490 g/mol. The molecule has 1 fully saturated rings. The summed E-state index contributed by atoms with van der Waals surface area (Å²) in [5.74, 6) is -0.0652. The quantitative estimate of drug-likeness (QED) is 0.460. The van der Waals surface area contributed by atoms with E-state index in [-0.39, 0.29) is 17.7 Å². The number of hydrogen-bond acceptors (Lipinski definition) is 7. The molecular formula is C25H27N7O2S. The number of nitrogens with zero attached hydrogens (tertiary/aromatic N) is 6. The standard InChI is InChI=1S/C25H27N7O2S/c1-15-5-4-6-18(11-15)13-26-23(33)20-14-35-24(27-20)19-7-9-31(10-8-19)25(34)22-17(3)32-21(28-29-22)12-16(2)30-32/h4-6,11-12,14,19H,7-10,13H2,1-3H3,(H,26,33). The number of carbonyl (C=O) groups excluding carboxylic acids is 2. The van der Waals surface area contributed by atoms with Crippen molar-refractivity contribution in [2.75, 3.05) is 13.1 Å². The summed E-state index contributed by atoms with van der Waals surface area (Å²) in [5.41, 5.74) is 5.17. The second-order valence-corrected chi connectivity index (χ2v) is 9.89. The van der Waals surface area contributed by atoms with Crippen molar-refractivity contribution in [2.24, 2.45) is 0 Å². The summed E-state index contributed by atoms with van der Waals surface area (Å²) in [6.45, 7) is 7.45. The number of aromatic nitrogens is 5. The lowest BCUT2D eigenvalue weighted by Crippen LogP contribution is -2.39. The number of nitrogens with one attached hydrogen (secondary N) is 1. The Morgan fingerprint density at radius 2 is 1.91 bits per heavy atom. The fourth-order valence-electron chi connectivity index (χ4n) is 4.43. The molecule has 4 heterocycles. The number of amides is 2. The van der Waals surface area contributed by atoms with Crippen molar-refractivity contribution in [1.82, 2.24) is 35.0 Å². The van der Waals surface area contributed by atoms with Gasteiger partial charge in [-0.05, 0) is 39.2 Å². The largest absolute Gasteiger partial charge is 0.347 e. The second kappa shape index (κ2) is 9.53. The third-order valence-electron chi connectivity index (χ3n) is 6.35. The van der Waals surface area contributed by atoms with Gasteiger partial charge in [0.1, 0.15) is 5.69 Å². The smallest absolute Gasteiger partial charge is 0.276 e. The molecular weight excluding hydrogens is 462 g/mol. The molecule has 1 saturated heterocycles. The predicted octanol–water partition coefficient (Wildman–Crippen LogP) is 3.46. The first-order chi connectivity index (χ1) is 16.9. The number of piperidine rings is 1. The van der Waals surface area contributed by atoms with Crippen LogP contribution in [0.4, 0.5) is 0 Å². The monoisotopic (exact) mass is 489 g/mol. The van der Waals surface area contributed by atoms with E-state index in [1.807, 2.05) is 55.3 Å². The molecule has 0 bridgehead atoms. The van der Waals surface area contributed by atoms with Gasteiger partial charge >= 0.3 is 0 Å². The highest BCUT2D eigenvalue weighted by Crippen LogP contribution is 2.31. The summed E-state index contributed by atoms with van der Waals surface area (Å²) in [4.78, 5) is 32.1. The maximum Gasteiger partial charge on any atom is 0.276 e. The first-order valence-electron chi connectivity index (χ1n) is 11.7. The molecule has 1 aliphatic heterocycles. The fraction of sp³-hybridized carbons (Fsp3) is 0.360. The Bertz CT molecular complexity index is 1400. The van der Waals surface area contributed by atoms with Crippen LogP contribution in [0.1, 0.15) is 67.3 Å². The topological polar surface area (TPSA) is 105 Å². The van der Waals surface area contributed by atoms with Crippen LogP contribution in [0.25, 0.3) is 5.65 Å². The van der Waals surface area contributed by atoms with Crippen LogP contribution in [-0.2, 0) is 6.54 Å². The molecule has 2 amide bonds. The summed E-state index contributed by atoms with van der Waals surface area (Å²) in [5, 5.41) is 18.5. The SMILES string of the molecule is Cc1cccc(CNC(=O)c2csc(C3CCN(C(=O)c4nnc5cc(C)nn5c4C)CC3)n2)c1. The molecule has 1 aromatic carbocycles. The molecule has 180 valence electrons. The Labute approximate surface area is 207 Å². The molecule has 0 atom stereocenters. The maximum absolute atomic E-state index is 13.1. The molecule has 35 heavy (non-hydrogen) atoms. The van der Waals surface area contributed by atoms with E-state index in [0.717, 1.165) is 34.7 Å². The van der Waals surface area contributed by atoms with Crippen LogP contribution in [0.2, 0.25) is 0 Å². The van der Waals surface area contributed by atoms with E-state index in [4.69, 9.17) is 0 Å². The van der Waals surface area contributed by atoms with Crippen LogP contribution in [0.15, 0.2) is 35.7 Å². The van der Waals surface area contributed by atoms with E-state index >= 15 is 0 Å². The highest BCUT2D eigenvalue weighted by molar-refractivity contribution is 7.09. The van der Waals surface area contributed by atoms with Crippen LogP contribution < -0.4 is 5.32 Å². The molecule has 3 aromatic heterocycles. The zero-order chi connectivity index (χ0) is 24.5. The number of fused-ring (bicyclic) bond motifs is 1. The minimum Gasteiger partial charge on any atom is -0.347 e. The molecule has 9 nitrogen and oxygen atoms in total. The van der Waals surface area contributed by atoms with Gasteiger partial charge in [0.15, 0.2) is 11.3 Å². The Morgan fingerprint density at radius 3 is 2.69 bits per heavy atom. The van der Waals surface area contributed by atoms with Gasteiger partial charge in [-0.3, -0.25) is 9.59 Å². The zero-order valence-electron chi connectivity index (χ0n) is 20.0. The Balaban J connectivity index is 1.19. The van der Waals surface area contributed by atoms with Crippen LogP contribution in [0.5, 0.6) is 0 Å². The highest BCUT2D eigenvalue weighted by Gasteiger charge is 2.29. The molecule has 0 aliphatic carbocycles. The minimum atomic E-state index is -0.167. The van der Waals surface area contributed by atoms with Crippen molar-refractivity contribution in [3.8, 4) is 0 Å². The Kier molecular flexibility index (Phi) is 6.29. The van der Waals surface area contributed by atoms with E-state index < -0.39 is 0 Å². The summed E-state index contributed by atoms with van der Waals surface area (Å²) < 4.78 is 1.67. The Hall–Kier alpha value is -3.66. The number of rotatable bonds is 5. The normalized spacial score (nSPS) is 14.4. The van der Waals surface area contributed by atoms with Crippen LogP contribution in [-0.4, -0.2) is 54.6 Å². The summed E-state index contributed by atoms with van der Waals surface area (Å²) in [7, 11) is 0. The number of thiazole rings is 1. The summed E-state index contributed by atoms with van der Waals surface area (Å²) in [6.07, 6.45) is 1.58. The average Bonchev–Trinajstić information content (AvgIpc) is 3.50. The lowest BCUT2D eigenvalue weighted by atomic mass is 9.97. The summed E-state index contributed by atoms with van der Waals surface area (Å²) >= 11 is 1.51. The zero-order valence-corrected chi connectivity index (χ0v) is 20.8. The van der Waals surface area contributed by atoms with Crippen molar-refractivity contribution in [2.45, 2.75) is 46.1 Å². The van der Waals surface area contributed by atoms with Gasteiger partial charge in [-0.1, -0.05) is 29.8 Å². The molecule has 0 saturated carbocycles. The van der Waals surface area contributed by atoms with Gasteiger partial charge in [0.2, 0.25) is 0 Å². The van der Waals surface area contributed by atoms with E-state index in [2.05, 4.69) is 31.7 Å². The van der Waals surface area contributed by atoms with Gasteiger partial charge in [-0.2, -0.15) is 5.10 Å². The highest BCUT2D eigenvalue weighted by atomic mass is 32.1. The first kappa shape index (κ1) is 23.1. The lowest BCUT2D eigenvalue weighted by Gasteiger charge is -2.31. The van der Waals surface area contributed by atoms with Gasteiger partial charge in [-0.15, -0.1) is 21.5 Å². The molecule has 10 heteroatoms. The van der Waals surface area contributed by atoms with Gasteiger partial charge in [0.05, 0.1) is 16.4 Å². The fourth-order valence-corrected chi connectivity index (χ4v) is 5.40. The molecule has 0 spiro atoms.